The van der Waals surface area contributed by atoms with Crippen LogP contribution >= 0.6 is 27.5 Å². The van der Waals surface area contributed by atoms with Crippen molar-refractivity contribution in [2.45, 2.75) is 12.3 Å². The molecule has 1 aromatic carbocycles. The van der Waals surface area contributed by atoms with Crippen LogP contribution in [0.2, 0.25) is 5.02 Å². The topological polar surface area (TPSA) is 29.1 Å². The van der Waals surface area contributed by atoms with Crippen LogP contribution in [0.4, 0.5) is 0 Å². The lowest BCUT2D eigenvalue weighted by Crippen LogP contribution is -2.13. The highest BCUT2D eigenvalue weighted by Crippen LogP contribution is 2.31. The molecule has 0 bridgehead atoms. The molecule has 1 unspecified atom stereocenters. The summed E-state index contributed by atoms with van der Waals surface area (Å²) in [7, 11) is 0. The molecule has 0 saturated carbocycles. The van der Waals surface area contributed by atoms with Gasteiger partial charge in [0, 0.05) is 28.4 Å². The number of rotatable bonds is 1. The Morgan fingerprint density at radius 1 is 1.50 bits per heavy atom. The summed E-state index contributed by atoms with van der Waals surface area (Å²) in [6.07, 6.45) is 0.555. The van der Waals surface area contributed by atoms with Gasteiger partial charge in [0.1, 0.15) is 0 Å². The first kappa shape index (κ1) is 9.99. The maximum Gasteiger partial charge on any atom is 0.220 e. The average Bonchev–Trinajstić information content (AvgIpc) is 2.56. The summed E-state index contributed by atoms with van der Waals surface area (Å²) in [5.74, 6) is 0.359. The fraction of sp³-hybridized carbons (Fsp3) is 0.300. The number of amides is 1. The van der Waals surface area contributed by atoms with E-state index in [2.05, 4.69) is 21.2 Å². The molecule has 2 nitrogen and oxygen atoms in total. The minimum atomic E-state index is 0.113. The monoisotopic (exact) mass is 273 g/mol. The quantitative estimate of drug-likeness (QED) is 0.838. The normalized spacial score (nSPS) is 21.0. The number of halogens is 2. The van der Waals surface area contributed by atoms with Gasteiger partial charge in [-0.05, 0) is 23.8 Å². The molecule has 0 aliphatic carbocycles. The fourth-order valence-electron chi connectivity index (χ4n) is 1.65. The Bertz CT molecular complexity index is 380. The number of carbonyl (C=O) groups excluding carboxylic acids is 1. The summed E-state index contributed by atoms with van der Waals surface area (Å²) in [6.45, 7) is 0.706. The second kappa shape index (κ2) is 3.91. The molecule has 0 aromatic heterocycles. The number of benzene rings is 1. The lowest BCUT2D eigenvalue weighted by atomic mass is 9.98. The summed E-state index contributed by atoms with van der Waals surface area (Å²) in [5, 5.41) is 3.52. The third-order valence-electron chi connectivity index (χ3n) is 2.38. The van der Waals surface area contributed by atoms with Crippen LogP contribution in [-0.4, -0.2) is 12.5 Å². The molecule has 14 heavy (non-hydrogen) atoms. The van der Waals surface area contributed by atoms with Gasteiger partial charge in [-0.3, -0.25) is 4.79 Å². The lowest BCUT2D eigenvalue weighted by Gasteiger charge is -2.10. The summed E-state index contributed by atoms with van der Waals surface area (Å²) < 4.78 is 1.02. The first-order valence-corrected chi connectivity index (χ1v) is 5.55. The summed E-state index contributed by atoms with van der Waals surface area (Å²) in [5.41, 5.74) is 1.11. The SMILES string of the molecule is O=C1CC(c2cc(Cl)ccc2Br)CN1. The molecule has 0 radical (unpaired) electrons. The van der Waals surface area contributed by atoms with E-state index in [1.54, 1.807) is 0 Å². The van der Waals surface area contributed by atoms with E-state index in [4.69, 9.17) is 11.6 Å². The van der Waals surface area contributed by atoms with Gasteiger partial charge in [0.15, 0.2) is 0 Å². The Labute approximate surface area is 95.8 Å². The Hall–Kier alpha value is -0.540. The van der Waals surface area contributed by atoms with E-state index < -0.39 is 0 Å². The molecule has 1 aliphatic rings. The molecule has 1 N–H and O–H groups in total. The molecule has 0 spiro atoms. The molecular weight excluding hydrogens is 265 g/mol. The molecule has 1 amide bonds. The van der Waals surface area contributed by atoms with Crippen LogP contribution in [0.1, 0.15) is 17.9 Å². The Balaban J connectivity index is 2.31. The highest BCUT2D eigenvalue weighted by Gasteiger charge is 2.24. The number of hydrogen-bond donors (Lipinski definition) is 1. The van der Waals surface area contributed by atoms with Crippen LogP contribution in [0.5, 0.6) is 0 Å². The molecule has 4 heteroatoms. The first-order chi connectivity index (χ1) is 6.66. The van der Waals surface area contributed by atoms with E-state index in [-0.39, 0.29) is 11.8 Å². The van der Waals surface area contributed by atoms with Gasteiger partial charge in [-0.25, -0.2) is 0 Å². The minimum absolute atomic E-state index is 0.113. The summed E-state index contributed by atoms with van der Waals surface area (Å²) in [4.78, 5) is 11.1. The van der Waals surface area contributed by atoms with E-state index in [0.717, 1.165) is 10.0 Å². The Kier molecular flexibility index (Phi) is 2.79. The van der Waals surface area contributed by atoms with Crippen molar-refractivity contribution in [1.29, 1.82) is 0 Å². The Morgan fingerprint density at radius 2 is 2.29 bits per heavy atom. The summed E-state index contributed by atoms with van der Waals surface area (Å²) in [6, 6.07) is 5.66. The van der Waals surface area contributed by atoms with Crippen LogP contribution in [-0.2, 0) is 4.79 Å². The molecule has 1 fully saturated rings. The van der Waals surface area contributed by atoms with Gasteiger partial charge < -0.3 is 5.32 Å². The maximum atomic E-state index is 11.1. The van der Waals surface area contributed by atoms with E-state index in [1.807, 2.05) is 18.2 Å². The second-order valence-corrected chi connectivity index (χ2v) is 4.66. The minimum Gasteiger partial charge on any atom is -0.355 e. The van der Waals surface area contributed by atoms with E-state index in [0.29, 0.717) is 18.0 Å². The smallest absolute Gasteiger partial charge is 0.220 e. The maximum absolute atomic E-state index is 11.1. The predicted molar refractivity (Wildman–Crippen MR) is 59.5 cm³/mol. The van der Waals surface area contributed by atoms with E-state index in [9.17, 15) is 4.79 Å². The molecular formula is C10H9BrClNO. The average molecular weight is 275 g/mol. The van der Waals surface area contributed by atoms with Crippen molar-refractivity contribution in [3.05, 3.63) is 33.3 Å². The standard InChI is InChI=1S/C10H9BrClNO/c11-9-2-1-7(12)4-8(9)6-3-10(14)13-5-6/h1-2,4,6H,3,5H2,(H,13,14). The van der Waals surface area contributed by atoms with Gasteiger partial charge >= 0.3 is 0 Å². The van der Waals surface area contributed by atoms with Gasteiger partial charge in [-0.15, -0.1) is 0 Å². The van der Waals surface area contributed by atoms with Crippen LogP contribution < -0.4 is 5.32 Å². The van der Waals surface area contributed by atoms with Gasteiger partial charge in [0.05, 0.1) is 0 Å². The largest absolute Gasteiger partial charge is 0.355 e. The van der Waals surface area contributed by atoms with Crippen molar-refractivity contribution in [1.82, 2.24) is 5.32 Å². The third-order valence-corrected chi connectivity index (χ3v) is 3.33. The van der Waals surface area contributed by atoms with Crippen LogP contribution in [0.25, 0.3) is 0 Å². The van der Waals surface area contributed by atoms with Gasteiger partial charge in [-0.2, -0.15) is 0 Å². The second-order valence-electron chi connectivity index (χ2n) is 3.37. The van der Waals surface area contributed by atoms with E-state index >= 15 is 0 Å². The van der Waals surface area contributed by atoms with Gasteiger partial charge in [0.2, 0.25) is 5.91 Å². The third kappa shape index (κ3) is 1.93. The molecule has 1 aromatic rings. The highest BCUT2D eigenvalue weighted by molar-refractivity contribution is 9.10. The van der Waals surface area contributed by atoms with Gasteiger partial charge in [0.25, 0.3) is 0 Å². The molecule has 1 atom stereocenters. The van der Waals surface area contributed by atoms with Crippen LogP contribution in [0.3, 0.4) is 0 Å². The fourth-order valence-corrected chi connectivity index (χ4v) is 2.40. The first-order valence-electron chi connectivity index (χ1n) is 4.38. The molecule has 2 rings (SSSR count). The summed E-state index contributed by atoms with van der Waals surface area (Å²) >= 11 is 9.37. The van der Waals surface area contributed by atoms with Crippen molar-refractivity contribution in [2.75, 3.05) is 6.54 Å². The lowest BCUT2D eigenvalue weighted by molar-refractivity contribution is -0.119. The molecule has 1 heterocycles. The number of carbonyl (C=O) groups is 1. The van der Waals surface area contributed by atoms with Crippen molar-refractivity contribution in [3.8, 4) is 0 Å². The zero-order valence-corrected chi connectivity index (χ0v) is 9.73. The van der Waals surface area contributed by atoms with Crippen LogP contribution in [0, 0.1) is 0 Å². The van der Waals surface area contributed by atoms with Crippen molar-refractivity contribution >= 4 is 33.4 Å². The highest BCUT2D eigenvalue weighted by atomic mass is 79.9. The van der Waals surface area contributed by atoms with E-state index in [1.165, 1.54) is 0 Å². The molecule has 1 saturated heterocycles. The van der Waals surface area contributed by atoms with Gasteiger partial charge in [-0.1, -0.05) is 27.5 Å². The van der Waals surface area contributed by atoms with Crippen molar-refractivity contribution in [3.63, 3.8) is 0 Å². The van der Waals surface area contributed by atoms with Crippen molar-refractivity contribution in [2.24, 2.45) is 0 Å². The molecule has 74 valence electrons. The number of nitrogens with one attached hydrogen (secondary N) is 1. The van der Waals surface area contributed by atoms with Crippen molar-refractivity contribution < 1.29 is 4.79 Å². The van der Waals surface area contributed by atoms with Crippen LogP contribution in [0.15, 0.2) is 22.7 Å². The molecule has 1 aliphatic heterocycles. The zero-order valence-electron chi connectivity index (χ0n) is 7.39. The number of hydrogen-bond acceptors (Lipinski definition) is 1. The Morgan fingerprint density at radius 3 is 2.93 bits per heavy atom. The zero-order chi connectivity index (χ0) is 10.1. The predicted octanol–water partition coefficient (Wildman–Crippen LogP) is 2.71.